The minimum Gasteiger partial charge on any atom is -0.493 e. The van der Waals surface area contributed by atoms with Crippen LogP contribution in [0.15, 0.2) is 48.5 Å². The van der Waals surface area contributed by atoms with Gasteiger partial charge in [-0.05, 0) is 37.6 Å². The topological polar surface area (TPSA) is 21.5 Å². The fourth-order valence-electron chi connectivity index (χ4n) is 3.43. The molecule has 124 valence electrons. The Kier molecular flexibility index (Phi) is 4.18. The summed E-state index contributed by atoms with van der Waals surface area (Å²) in [7, 11) is 5.43. The second-order valence-corrected chi connectivity index (χ2v) is 6.53. The zero-order valence-electron chi connectivity index (χ0n) is 15.0. The molecule has 3 nitrogen and oxygen atoms in total. The molecule has 0 amide bonds. The molecule has 0 saturated carbocycles. The van der Waals surface area contributed by atoms with E-state index in [4.69, 9.17) is 9.47 Å². The lowest BCUT2D eigenvalue weighted by molar-refractivity contribution is -0.401. The molecule has 2 aromatic carbocycles. The summed E-state index contributed by atoms with van der Waals surface area (Å²) < 4.78 is 13.0. The smallest absolute Gasteiger partial charge is 0.209 e. The molecule has 0 aliphatic carbocycles. The van der Waals surface area contributed by atoms with E-state index in [2.05, 4.69) is 61.9 Å². The largest absolute Gasteiger partial charge is 0.493 e. The van der Waals surface area contributed by atoms with Crippen molar-refractivity contribution in [1.82, 2.24) is 0 Å². The normalized spacial score (nSPS) is 15.7. The number of nitrogens with zero attached hydrogens (tertiary/aromatic N) is 1. The molecule has 0 N–H and O–H groups in total. The van der Waals surface area contributed by atoms with E-state index in [-0.39, 0.29) is 5.41 Å². The average molecular weight is 322 g/mol. The van der Waals surface area contributed by atoms with Crippen molar-refractivity contribution in [2.75, 3.05) is 21.3 Å². The molecule has 0 unspecified atom stereocenters. The fraction of sp³-hybridized carbons (Fsp3) is 0.286. The quantitative estimate of drug-likeness (QED) is 0.777. The minimum absolute atomic E-state index is 0.0155. The number of hydrogen-bond acceptors (Lipinski definition) is 2. The zero-order chi connectivity index (χ0) is 17.3. The third-order valence-corrected chi connectivity index (χ3v) is 4.78. The van der Waals surface area contributed by atoms with Gasteiger partial charge in [-0.25, -0.2) is 0 Å². The van der Waals surface area contributed by atoms with Crippen LogP contribution in [0, 0.1) is 0 Å². The second-order valence-electron chi connectivity index (χ2n) is 6.53. The summed E-state index contributed by atoms with van der Waals surface area (Å²) in [5.41, 5.74) is 4.98. The van der Waals surface area contributed by atoms with Gasteiger partial charge in [0, 0.05) is 17.7 Å². The van der Waals surface area contributed by atoms with Crippen molar-refractivity contribution >= 4 is 17.5 Å². The molecule has 0 spiro atoms. The van der Waals surface area contributed by atoms with Crippen LogP contribution < -0.4 is 9.47 Å². The Hall–Kier alpha value is -2.55. The van der Waals surface area contributed by atoms with E-state index in [1.165, 1.54) is 17.0 Å². The molecule has 1 heterocycles. The highest BCUT2D eigenvalue weighted by Crippen LogP contribution is 2.39. The van der Waals surface area contributed by atoms with Gasteiger partial charge in [-0.3, -0.25) is 0 Å². The summed E-state index contributed by atoms with van der Waals surface area (Å²) in [5.74, 6) is 1.49. The number of para-hydroxylation sites is 1. The third-order valence-electron chi connectivity index (χ3n) is 4.78. The van der Waals surface area contributed by atoms with Crippen LogP contribution in [0.3, 0.4) is 0 Å². The van der Waals surface area contributed by atoms with E-state index in [1.54, 1.807) is 14.2 Å². The van der Waals surface area contributed by atoms with Gasteiger partial charge in [0.05, 0.1) is 19.6 Å². The number of methoxy groups -OCH3 is 2. The van der Waals surface area contributed by atoms with Gasteiger partial charge in [0.15, 0.2) is 17.2 Å². The first-order valence-corrected chi connectivity index (χ1v) is 8.10. The molecule has 0 radical (unpaired) electrons. The first kappa shape index (κ1) is 16.3. The standard InChI is InChI=1S/C21H24NO2/c1-21(2)16-8-6-7-9-17(16)22(3)20(21)13-11-15-10-12-18(23-4)19(14-15)24-5/h6-14H,1-5H3/q+1/b13-11+. The first-order valence-electron chi connectivity index (χ1n) is 8.10. The van der Waals surface area contributed by atoms with Gasteiger partial charge >= 0.3 is 0 Å². The summed E-state index contributed by atoms with van der Waals surface area (Å²) in [6.07, 6.45) is 4.32. The fourth-order valence-corrected chi connectivity index (χ4v) is 3.43. The van der Waals surface area contributed by atoms with Crippen LogP contribution in [0.4, 0.5) is 5.69 Å². The SMILES string of the molecule is COc1ccc(/C=C/C2=[N+](C)c3ccccc3C2(C)C)cc1OC. The number of fused-ring (bicyclic) bond motifs is 1. The molecule has 1 aliphatic heterocycles. The maximum absolute atomic E-state index is 5.39. The molecule has 24 heavy (non-hydrogen) atoms. The lowest BCUT2D eigenvalue weighted by Crippen LogP contribution is -2.26. The Morgan fingerprint density at radius 2 is 1.62 bits per heavy atom. The van der Waals surface area contributed by atoms with Crippen LogP contribution in [0.2, 0.25) is 0 Å². The number of ether oxygens (including phenoxy) is 2. The van der Waals surface area contributed by atoms with Crippen molar-refractivity contribution in [2.45, 2.75) is 19.3 Å². The summed E-state index contributed by atoms with van der Waals surface area (Å²) in [4.78, 5) is 0. The van der Waals surface area contributed by atoms with Crippen molar-refractivity contribution in [3.63, 3.8) is 0 Å². The van der Waals surface area contributed by atoms with E-state index >= 15 is 0 Å². The van der Waals surface area contributed by atoms with E-state index in [0.717, 1.165) is 17.1 Å². The Morgan fingerprint density at radius 1 is 0.917 bits per heavy atom. The number of hydrogen-bond donors (Lipinski definition) is 0. The van der Waals surface area contributed by atoms with Crippen LogP contribution in [0.25, 0.3) is 6.08 Å². The zero-order valence-corrected chi connectivity index (χ0v) is 15.0. The van der Waals surface area contributed by atoms with Gasteiger partial charge in [0.2, 0.25) is 5.69 Å². The van der Waals surface area contributed by atoms with E-state index in [1.807, 2.05) is 18.2 Å². The van der Waals surface area contributed by atoms with Crippen molar-refractivity contribution in [3.05, 3.63) is 59.7 Å². The van der Waals surface area contributed by atoms with Crippen LogP contribution in [0.5, 0.6) is 11.5 Å². The highest BCUT2D eigenvalue weighted by atomic mass is 16.5. The van der Waals surface area contributed by atoms with Crippen LogP contribution in [-0.4, -0.2) is 31.6 Å². The van der Waals surface area contributed by atoms with Gasteiger partial charge in [0.1, 0.15) is 7.05 Å². The molecule has 0 atom stereocenters. The minimum atomic E-state index is -0.0155. The second kappa shape index (κ2) is 6.16. The Bertz CT molecular complexity index is 831. The molecule has 0 bridgehead atoms. The monoisotopic (exact) mass is 322 g/mol. The molecule has 2 aromatic rings. The van der Waals surface area contributed by atoms with Gasteiger partial charge in [-0.15, -0.1) is 0 Å². The summed E-state index contributed by atoms with van der Waals surface area (Å²) in [6.45, 7) is 4.53. The van der Waals surface area contributed by atoms with Crippen molar-refractivity contribution in [1.29, 1.82) is 0 Å². The van der Waals surface area contributed by atoms with Crippen molar-refractivity contribution < 1.29 is 14.0 Å². The molecule has 0 aromatic heterocycles. The van der Waals surface area contributed by atoms with Gasteiger partial charge < -0.3 is 9.47 Å². The van der Waals surface area contributed by atoms with E-state index < -0.39 is 0 Å². The van der Waals surface area contributed by atoms with Crippen molar-refractivity contribution in [3.8, 4) is 11.5 Å². The Balaban J connectivity index is 1.97. The molecular weight excluding hydrogens is 298 g/mol. The number of allylic oxidation sites excluding steroid dienone is 1. The third kappa shape index (κ3) is 2.60. The Labute approximate surface area is 143 Å². The predicted octanol–water partition coefficient (Wildman–Crippen LogP) is 4.42. The van der Waals surface area contributed by atoms with Crippen LogP contribution >= 0.6 is 0 Å². The van der Waals surface area contributed by atoms with E-state index in [0.29, 0.717) is 0 Å². The summed E-state index contributed by atoms with van der Waals surface area (Å²) >= 11 is 0. The molecule has 3 rings (SSSR count). The lowest BCUT2D eigenvalue weighted by Gasteiger charge is -2.15. The molecule has 1 aliphatic rings. The number of benzene rings is 2. The lowest BCUT2D eigenvalue weighted by atomic mass is 9.81. The van der Waals surface area contributed by atoms with Crippen LogP contribution in [-0.2, 0) is 5.41 Å². The molecule has 0 saturated heterocycles. The highest BCUT2D eigenvalue weighted by Gasteiger charge is 2.42. The first-order chi connectivity index (χ1) is 11.5. The number of rotatable bonds is 4. The van der Waals surface area contributed by atoms with Crippen LogP contribution in [0.1, 0.15) is 25.0 Å². The Morgan fingerprint density at radius 3 is 2.29 bits per heavy atom. The van der Waals surface area contributed by atoms with Crippen molar-refractivity contribution in [2.24, 2.45) is 0 Å². The highest BCUT2D eigenvalue weighted by molar-refractivity contribution is 6.05. The summed E-state index contributed by atoms with van der Waals surface area (Å²) in [5, 5.41) is 0. The predicted molar refractivity (Wildman–Crippen MR) is 98.9 cm³/mol. The van der Waals surface area contributed by atoms with Gasteiger partial charge in [-0.2, -0.15) is 4.58 Å². The van der Waals surface area contributed by atoms with E-state index in [9.17, 15) is 0 Å². The average Bonchev–Trinajstić information content (AvgIpc) is 2.79. The maximum Gasteiger partial charge on any atom is 0.209 e. The summed E-state index contributed by atoms with van der Waals surface area (Å²) in [6, 6.07) is 14.5. The van der Waals surface area contributed by atoms with Gasteiger partial charge in [0.25, 0.3) is 0 Å². The van der Waals surface area contributed by atoms with Gasteiger partial charge in [-0.1, -0.05) is 24.3 Å². The molecule has 3 heteroatoms. The molecule has 0 fully saturated rings. The maximum atomic E-state index is 5.39. The molecular formula is C21H24NO2+.